The first-order chi connectivity index (χ1) is 15.7. The van der Waals surface area contributed by atoms with E-state index in [1.54, 1.807) is 11.3 Å². The molecule has 170 valence electrons. The van der Waals surface area contributed by atoms with Crippen LogP contribution in [0.25, 0.3) is 0 Å². The molecule has 1 unspecified atom stereocenters. The van der Waals surface area contributed by atoms with Crippen LogP contribution in [0.2, 0.25) is 0 Å². The van der Waals surface area contributed by atoms with E-state index in [0.29, 0.717) is 6.61 Å². The van der Waals surface area contributed by atoms with Gasteiger partial charge in [0.1, 0.15) is 11.9 Å². The Balaban J connectivity index is 1.21. The van der Waals surface area contributed by atoms with Crippen LogP contribution in [0.1, 0.15) is 34.1 Å². The smallest absolute Gasteiger partial charge is 0.123 e. The highest BCUT2D eigenvalue weighted by atomic mass is 32.1. The van der Waals surface area contributed by atoms with Crippen LogP contribution in [0.15, 0.2) is 66.0 Å². The van der Waals surface area contributed by atoms with Crippen LogP contribution >= 0.6 is 11.3 Å². The first kappa shape index (κ1) is 23.1. The van der Waals surface area contributed by atoms with Crippen molar-refractivity contribution in [1.82, 2.24) is 9.80 Å². The molecule has 1 aromatic heterocycles. The fraction of sp³-hybridized carbons (Fsp3) is 0.407. The zero-order chi connectivity index (χ0) is 22.2. The molecule has 2 aromatic carbocycles. The lowest BCUT2D eigenvalue weighted by Crippen LogP contribution is -2.47. The van der Waals surface area contributed by atoms with E-state index in [2.05, 4.69) is 58.5 Å². The lowest BCUT2D eigenvalue weighted by molar-refractivity contribution is 0.0463. The fourth-order valence-electron chi connectivity index (χ4n) is 4.30. The van der Waals surface area contributed by atoms with E-state index in [-0.39, 0.29) is 11.9 Å². The molecule has 1 aliphatic rings. The molecule has 0 amide bonds. The van der Waals surface area contributed by atoms with Gasteiger partial charge < -0.3 is 9.64 Å². The second-order valence-electron chi connectivity index (χ2n) is 8.54. The predicted octanol–water partition coefficient (Wildman–Crippen LogP) is 5.55. The Labute approximate surface area is 195 Å². The molecule has 3 aromatic rings. The third-order valence-corrected chi connectivity index (χ3v) is 7.31. The molecule has 0 aliphatic carbocycles. The Morgan fingerprint density at radius 3 is 2.25 bits per heavy atom. The summed E-state index contributed by atoms with van der Waals surface area (Å²) in [6.07, 6.45) is 2.24. The van der Waals surface area contributed by atoms with Crippen molar-refractivity contribution in [2.45, 2.75) is 25.9 Å². The van der Waals surface area contributed by atoms with Crippen molar-refractivity contribution in [1.29, 1.82) is 0 Å². The molecule has 1 fully saturated rings. The average molecular weight is 453 g/mol. The zero-order valence-electron chi connectivity index (χ0n) is 18.9. The van der Waals surface area contributed by atoms with E-state index in [1.807, 2.05) is 12.1 Å². The quantitative estimate of drug-likeness (QED) is 0.401. The average Bonchev–Trinajstić information content (AvgIpc) is 3.25. The Hall–Kier alpha value is -2.05. The highest BCUT2D eigenvalue weighted by Gasteiger charge is 2.20. The summed E-state index contributed by atoms with van der Waals surface area (Å²) in [6.45, 7) is 9.32. The van der Waals surface area contributed by atoms with Crippen molar-refractivity contribution in [3.63, 3.8) is 0 Å². The lowest BCUT2D eigenvalue weighted by Gasteiger charge is -2.35. The van der Waals surface area contributed by atoms with Crippen LogP contribution in [0.3, 0.4) is 0 Å². The third kappa shape index (κ3) is 6.48. The molecule has 1 atom stereocenters. The van der Waals surface area contributed by atoms with Crippen molar-refractivity contribution in [3.8, 4) is 0 Å². The summed E-state index contributed by atoms with van der Waals surface area (Å²) in [4.78, 5) is 6.28. The molecule has 32 heavy (non-hydrogen) atoms. The summed E-state index contributed by atoms with van der Waals surface area (Å²) >= 11 is 1.71. The molecule has 4 rings (SSSR count). The monoisotopic (exact) mass is 452 g/mol. The maximum atomic E-state index is 13.4. The van der Waals surface area contributed by atoms with Gasteiger partial charge in [0.15, 0.2) is 0 Å². The molecular weight excluding hydrogens is 419 g/mol. The van der Waals surface area contributed by atoms with Gasteiger partial charge in [-0.15, -0.1) is 11.3 Å². The number of benzene rings is 2. The van der Waals surface area contributed by atoms with Crippen LogP contribution < -0.4 is 0 Å². The van der Waals surface area contributed by atoms with Crippen LogP contribution in [0.5, 0.6) is 0 Å². The van der Waals surface area contributed by atoms with Gasteiger partial charge in [-0.05, 0) is 66.6 Å². The summed E-state index contributed by atoms with van der Waals surface area (Å²) < 4.78 is 19.8. The minimum Gasteiger partial charge on any atom is -0.367 e. The highest BCUT2D eigenvalue weighted by Crippen LogP contribution is 2.32. The van der Waals surface area contributed by atoms with E-state index < -0.39 is 0 Å². The van der Waals surface area contributed by atoms with Gasteiger partial charge in [0.2, 0.25) is 0 Å². The van der Waals surface area contributed by atoms with Crippen LogP contribution in [-0.2, 0) is 11.2 Å². The summed E-state index contributed by atoms with van der Waals surface area (Å²) in [5.41, 5.74) is 3.67. The Kier molecular flexibility index (Phi) is 8.46. The molecule has 5 heteroatoms. The Morgan fingerprint density at radius 2 is 1.59 bits per heavy atom. The number of ether oxygens (including phenoxy) is 1. The maximum Gasteiger partial charge on any atom is 0.123 e. The van der Waals surface area contributed by atoms with Gasteiger partial charge in [0.25, 0.3) is 0 Å². The standard InChI is InChI=1S/C27H33FN2OS/c1-22-13-21-32-27(22)26(24-9-11-25(28)12-10-24)31-20-19-30-17-15-29(16-18-30)14-5-8-23-6-3-2-4-7-23/h2-4,6-7,9-13,21,26H,5,8,14-20H2,1H3. The number of halogens is 1. The number of hydrogen-bond acceptors (Lipinski definition) is 4. The molecular formula is C27H33FN2OS. The minimum atomic E-state index is -0.211. The van der Waals surface area contributed by atoms with Gasteiger partial charge in [0, 0.05) is 37.6 Å². The Morgan fingerprint density at radius 1 is 0.906 bits per heavy atom. The summed E-state index contributed by atoms with van der Waals surface area (Å²) in [5.74, 6) is -0.211. The van der Waals surface area contributed by atoms with Gasteiger partial charge in [-0.25, -0.2) is 4.39 Å². The van der Waals surface area contributed by atoms with E-state index in [1.165, 1.54) is 41.1 Å². The van der Waals surface area contributed by atoms with E-state index in [4.69, 9.17) is 4.74 Å². The molecule has 0 saturated carbocycles. The molecule has 0 spiro atoms. The first-order valence-corrected chi connectivity index (χ1v) is 12.5. The zero-order valence-corrected chi connectivity index (χ0v) is 19.7. The van der Waals surface area contributed by atoms with Crippen LogP contribution in [0.4, 0.5) is 4.39 Å². The second-order valence-corrected chi connectivity index (χ2v) is 9.49. The molecule has 0 radical (unpaired) electrons. The van der Waals surface area contributed by atoms with Crippen molar-refractivity contribution in [2.75, 3.05) is 45.9 Å². The van der Waals surface area contributed by atoms with E-state index in [9.17, 15) is 4.39 Å². The number of hydrogen-bond donors (Lipinski definition) is 0. The summed E-state index contributed by atoms with van der Waals surface area (Å²) in [7, 11) is 0. The minimum absolute atomic E-state index is 0.130. The Bertz CT molecular complexity index is 936. The van der Waals surface area contributed by atoms with Gasteiger partial charge in [0.05, 0.1) is 6.61 Å². The number of rotatable bonds is 10. The molecule has 0 bridgehead atoms. The van der Waals surface area contributed by atoms with Crippen molar-refractivity contribution < 1.29 is 9.13 Å². The molecule has 2 heterocycles. The topological polar surface area (TPSA) is 15.7 Å². The summed E-state index contributed by atoms with van der Waals surface area (Å²) in [5, 5.41) is 2.10. The van der Waals surface area contributed by atoms with Crippen LogP contribution in [0, 0.1) is 12.7 Å². The third-order valence-electron chi connectivity index (χ3n) is 6.25. The second kappa shape index (κ2) is 11.7. The molecule has 1 aliphatic heterocycles. The predicted molar refractivity (Wildman–Crippen MR) is 131 cm³/mol. The first-order valence-electron chi connectivity index (χ1n) is 11.6. The van der Waals surface area contributed by atoms with Crippen LogP contribution in [-0.4, -0.2) is 55.7 Å². The SMILES string of the molecule is Cc1ccsc1C(OCCN1CCN(CCCc2ccccc2)CC1)c1ccc(F)cc1. The number of nitrogens with zero attached hydrogens (tertiary/aromatic N) is 2. The van der Waals surface area contributed by atoms with Gasteiger partial charge in [-0.1, -0.05) is 42.5 Å². The highest BCUT2D eigenvalue weighted by molar-refractivity contribution is 7.10. The van der Waals surface area contributed by atoms with Crippen molar-refractivity contribution >= 4 is 11.3 Å². The normalized spacial score (nSPS) is 16.3. The van der Waals surface area contributed by atoms with Crippen molar-refractivity contribution in [3.05, 3.63) is 93.4 Å². The van der Waals surface area contributed by atoms with Gasteiger partial charge >= 0.3 is 0 Å². The molecule has 1 saturated heterocycles. The van der Waals surface area contributed by atoms with Crippen molar-refractivity contribution in [2.24, 2.45) is 0 Å². The van der Waals surface area contributed by atoms with Gasteiger partial charge in [-0.2, -0.15) is 0 Å². The molecule has 0 N–H and O–H groups in total. The maximum absolute atomic E-state index is 13.4. The number of aryl methyl sites for hydroxylation is 2. The van der Waals surface area contributed by atoms with Gasteiger partial charge in [-0.3, -0.25) is 4.90 Å². The number of piperazine rings is 1. The van der Waals surface area contributed by atoms with E-state index in [0.717, 1.165) is 44.7 Å². The van der Waals surface area contributed by atoms with E-state index >= 15 is 0 Å². The molecule has 3 nitrogen and oxygen atoms in total. The lowest BCUT2D eigenvalue weighted by atomic mass is 10.1. The summed E-state index contributed by atoms with van der Waals surface area (Å²) in [6, 6.07) is 19.6. The largest absolute Gasteiger partial charge is 0.367 e. The number of thiophene rings is 1. The fourth-order valence-corrected chi connectivity index (χ4v) is 5.30.